The van der Waals surface area contributed by atoms with Gasteiger partial charge >= 0.3 is 0 Å². The molecule has 4 N–H and O–H groups in total. The fourth-order valence-electron chi connectivity index (χ4n) is 6.85. The fourth-order valence-corrected chi connectivity index (χ4v) is 6.85. The van der Waals surface area contributed by atoms with E-state index in [-0.39, 0.29) is 28.8 Å². The molecule has 0 radical (unpaired) electrons. The second-order valence-corrected chi connectivity index (χ2v) is 9.14. The van der Waals surface area contributed by atoms with Crippen LogP contribution in [0.15, 0.2) is 11.6 Å². The molecular weight excluding hydrogens is 292 g/mol. The van der Waals surface area contributed by atoms with Gasteiger partial charge in [0.2, 0.25) is 0 Å². The maximum Gasteiger partial charge on any atom is 0.0777 e. The van der Waals surface area contributed by atoms with Crippen molar-refractivity contribution in [2.45, 2.75) is 82.7 Å². The number of aliphatic hydroxyl groups is 4. The standard InChI is InChI=1S/C19H30O4/c1-17-7-6-12(20)9-11(17)5-8-19(23)14-3-4-15(22)18(14,2)10-13(21)16(17)19/h5,12-16,20-23H,3-4,6-10H2,1-2H3/t12-,13+,14+,15-,16+,17-,18-,19+/m0/s1. The number of rotatable bonds is 0. The van der Waals surface area contributed by atoms with Crippen molar-refractivity contribution >= 4 is 0 Å². The zero-order valence-corrected chi connectivity index (χ0v) is 14.2. The third-order valence-corrected chi connectivity index (χ3v) is 8.01. The minimum Gasteiger partial charge on any atom is -0.393 e. The molecule has 0 spiro atoms. The molecule has 0 bridgehead atoms. The minimum absolute atomic E-state index is 0.0416. The molecule has 3 saturated carbocycles. The predicted molar refractivity (Wildman–Crippen MR) is 86.6 cm³/mol. The van der Waals surface area contributed by atoms with Crippen LogP contribution in [0.3, 0.4) is 0 Å². The van der Waals surface area contributed by atoms with Crippen LogP contribution in [0.25, 0.3) is 0 Å². The van der Waals surface area contributed by atoms with Crippen LogP contribution in [-0.2, 0) is 0 Å². The van der Waals surface area contributed by atoms with Gasteiger partial charge in [-0.05, 0) is 56.3 Å². The molecule has 23 heavy (non-hydrogen) atoms. The Morgan fingerprint density at radius 1 is 1.09 bits per heavy atom. The molecule has 0 aromatic heterocycles. The maximum absolute atomic E-state index is 11.7. The average Bonchev–Trinajstić information content (AvgIpc) is 2.76. The second kappa shape index (κ2) is 4.81. The van der Waals surface area contributed by atoms with E-state index in [1.54, 1.807) is 0 Å². The van der Waals surface area contributed by atoms with Crippen molar-refractivity contribution in [3.05, 3.63) is 11.6 Å². The van der Waals surface area contributed by atoms with E-state index < -0.39 is 17.8 Å². The van der Waals surface area contributed by atoms with Crippen LogP contribution < -0.4 is 0 Å². The van der Waals surface area contributed by atoms with Gasteiger partial charge in [0.05, 0.1) is 23.9 Å². The van der Waals surface area contributed by atoms with Gasteiger partial charge in [0, 0.05) is 11.3 Å². The van der Waals surface area contributed by atoms with E-state index in [9.17, 15) is 20.4 Å². The molecule has 4 aliphatic carbocycles. The number of hydrogen-bond donors (Lipinski definition) is 4. The summed E-state index contributed by atoms with van der Waals surface area (Å²) in [5.74, 6) is -0.147. The third-order valence-electron chi connectivity index (χ3n) is 8.01. The van der Waals surface area contributed by atoms with E-state index in [1.165, 1.54) is 5.57 Å². The normalized spacial score (nSPS) is 58.9. The van der Waals surface area contributed by atoms with Crippen LogP contribution in [0.1, 0.15) is 58.8 Å². The first-order chi connectivity index (χ1) is 10.7. The molecule has 0 heterocycles. The zero-order valence-electron chi connectivity index (χ0n) is 14.2. The summed E-state index contributed by atoms with van der Waals surface area (Å²) in [6.45, 7) is 4.20. The van der Waals surface area contributed by atoms with Crippen LogP contribution in [-0.4, -0.2) is 44.3 Å². The number of hydrogen-bond acceptors (Lipinski definition) is 4. The smallest absolute Gasteiger partial charge is 0.0777 e. The Hall–Kier alpha value is -0.420. The maximum atomic E-state index is 11.7. The van der Waals surface area contributed by atoms with Crippen molar-refractivity contribution in [3.63, 3.8) is 0 Å². The van der Waals surface area contributed by atoms with Gasteiger partial charge in [-0.25, -0.2) is 0 Å². The highest BCUT2D eigenvalue weighted by molar-refractivity contribution is 5.30. The molecule has 3 fully saturated rings. The summed E-state index contributed by atoms with van der Waals surface area (Å²) in [7, 11) is 0. The Kier molecular flexibility index (Phi) is 3.36. The summed E-state index contributed by atoms with van der Waals surface area (Å²) in [5, 5.41) is 43.2. The quantitative estimate of drug-likeness (QED) is 0.512. The zero-order chi connectivity index (χ0) is 16.6. The molecule has 0 aromatic rings. The van der Waals surface area contributed by atoms with Crippen molar-refractivity contribution in [1.29, 1.82) is 0 Å². The van der Waals surface area contributed by atoms with Gasteiger partial charge in [-0.15, -0.1) is 0 Å². The lowest BCUT2D eigenvalue weighted by Crippen LogP contribution is -2.66. The molecule has 0 saturated heterocycles. The van der Waals surface area contributed by atoms with Gasteiger partial charge in [-0.1, -0.05) is 25.5 Å². The van der Waals surface area contributed by atoms with Crippen LogP contribution in [0, 0.1) is 22.7 Å². The van der Waals surface area contributed by atoms with Crippen molar-refractivity contribution in [3.8, 4) is 0 Å². The molecule has 0 unspecified atom stereocenters. The highest BCUT2D eigenvalue weighted by Crippen LogP contribution is 2.66. The average molecular weight is 322 g/mol. The highest BCUT2D eigenvalue weighted by atomic mass is 16.3. The second-order valence-electron chi connectivity index (χ2n) is 9.14. The number of fused-ring (bicyclic) bond motifs is 5. The van der Waals surface area contributed by atoms with E-state index in [1.807, 2.05) is 6.92 Å². The van der Waals surface area contributed by atoms with Crippen LogP contribution in [0.4, 0.5) is 0 Å². The van der Waals surface area contributed by atoms with E-state index >= 15 is 0 Å². The SMILES string of the molecule is C[C@]12C[C@@H](O)[C@H]3[C@@](O)(CC=C4C[C@@H](O)CC[C@@]43C)[C@@H]1CC[C@@H]2O. The summed E-state index contributed by atoms with van der Waals surface area (Å²) in [4.78, 5) is 0. The molecule has 0 aromatic carbocycles. The topological polar surface area (TPSA) is 80.9 Å². The summed E-state index contributed by atoms with van der Waals surface area (Å²) >= 11 is 0. The molecule has 130 valence electrons. The van der Waals surface area contributed by atoms with E-state index in [4.69, 9.17) is 0 Å². The monoisotopic (exact) mass is 322 g/mol. The summed E-state index contributed by atoms with van der Waals surface area (Å²) in [6, 6.07) is 0. The summed E-state index contributed by atoms with van der Waals surface area (Å²) in [5.41, 5.74) is -0.349. The van der Waals surface area contributed by atoms with Gasteiger partial charge in [0.15, 0.2) is 0 Å². The minimum atomic E-state index is -0.940. The van der Waals surface area contributed by atoms with Crippen molar-refractivity contribution in [1.82, 2.24) is 0 Å². The van der Waals surface area contributed by atoms with Gasteiger partial charge in [-0.3, -0.25) is 0 Å². The predicted octanol–water partition coefficient (Wildman–Crippen LogP) is 1.76. The Morgan fingerprint density at radius 3 is 2.57 bits per heavy atom. The summed E-state index contributed by atoms with van der Waals surface area (Å²) < 4.78 is 0. The molecule has 0 amide bonds. The molecule has 4 heteroatoms. The first-order valence-corrected chi connectivity index (χ1v) is 9.18. The Morgan fingerprint density at radius 2 is 1.83 bits per heavy atom. The third kappa shape index (κ3) is 1.92. The lowest BCUT2D eigenvalue weighted by Gasteiger charge is -2.63. The van der Waals surface area contributed by atoms with Gasteiger partial charge < -0.3 is 20.4 Å². The van der Waals surface area contributed by atoms with E-state index in [2.05, 4.69) is 13.0 Å². The van der Waals surface area contributed by atoms with E-state index in [0.717, 1.165) is 25.7 Å². The molecule has 4 nitrogen and oxygen atoms in total. The molecule has 0 aliphatic heterocycles. The lowest BCUT2D eigenvalue weighted by atomic mass is 9.45. The van der Waals surface area contributed by atoms with E-state index in [0.29, 0.717) is 19.3 Å². The van der Waals surface area contributed by atoms with Crippen LogP contribution >= 0.6 is 0 Å². The molecular formula is C19H30O4. The summed E-state index contributed by atoms with van der Waals surface area (Å²) in [6.07, 6.45) is 5.68. The van der Waals surface area contributed by atoms with Gasteiger partial charge in [0.25, 0.3) is 0 Å². The lowest BCUT2D eigenvalue weighted by molar-refractivity contribution is -0.225. The first kappa shape index (κ1) is 16.1. The largest absolute Gasteiger partial charge is 0.393 e. The van der Waals surface area contributed by atoms with Crippen LogP contribution in [0.5, 0.6) is 0 Å². The highest BCUT2D eigenvalue weighted by Gasteiger charge is 2.67. The Labute approximate surface area is 138 Å². The van der Waals surface area contributed by atoms with Gasteiger partial charge in [0.1, 0.15) is 0 Å². The molecule has 8 atom stereocenters. The Balaban J connectivity index is 1.80. The Bertz CT molecular complexity index is 545. The van der Waals surface area contributed by atoms with Crippen molar-refractivity contribution < 1.29 is 20.4 Å². The molecule has 4 aliphatic rings. The van der Waals surface area contributed by atoms with Gasteiger partial charge in [-0.2, -0.15) is 0 Å². The number of aliphatic hydroxyl groups excluding tert-OH is 3. The fraction of sp³-hybridized carbons (Fsp3) is 0.895. The van der Waals surface area contributed by atoms with Crippen molar-refractivity contribution in [2.75, 3.05) is 0 Å². The van der Waals surface area contributed by atoms with Crippen LogP contribution in [0.2, 0.25) is 0 Å². The first-order valence-electron chi connectivity index (χ1n) is 9.18. The molecule has 4 rings (SSSR count). The van der Waals surface area contributed by atoms with Crippen molar-refractivity contribution in [2.24, 2.45) is 22.7 Å².